The van der Waals surface area contributed by atoms with Crippen LogP contribution in [0.5, 0.6) is 0 Å². The number of piperazine rings is 1. The zero-order chi connectivity index (χ0) is 18.0. The van der Waals surface area contributed by atoms with E-state index >= 15 is 0 Å². The van der Waals surface area contributed by atoms with Crippen LogP contribution in [0.4, 0.5) is 11.4 Å². The zero-order valence-electron chi connectivity index (χ0n) is 15.3. The maximum atomic E-state index is 12.3. The van der Waals surface area contributed by atoms with E-state index in [0.717, 1.165) is 31.9 Å². The summed E-state index contributed by atoms with van der Waals surface area (Å²) in [6, 6.07) is 8.10. The standard InChI is InChI=1S/C19H28N4O2/c1-13(2)20-18(24)16-12-17(16)19(25)21-14-4-6-15(7-5-14)23-10-8-22(3)9-11-23/h4-7,13,16-17H,8-12H2,1-3H3,(H,20,24)(H,21,25). The number of amides is 2. The van der Waals surface area contributed by atoms with Crippen molar-refractivity contribution in [2.45, 2.75) is 26.3 Å². The summed E-state index contributed by atoms with van der Waals surface area (Å²) < 4.78 is 0. The van der Waals surface area contributed by atoms with Crippen molar-refractivity contribution in [3.8, 4) is 0 Å². The number of hydrogen-bond acceptors (Lipinski definition) is 4. The number of likely N-dealkylation sites (N-methyl/N-ethyl adjacent to an activating group) is 1. The minimum atomic E-state index is -0.198. The Kier molecular flexibility index (Phi) is 5.27. The first-order chi connectivity index (χ1) is 11.9. The molecule has 1 aliphatic heterocycles. The third-order valence-electron chi connectivity index (χ3n) is 4.90. The molecule has 2 amide bonds. The van der Waals surface area contributed by atoms with Gasteiger partial charge in [-0.25, -0.2) is 0 Å². The average Bonchev–Trinajstić information content (AvgIpc) is 3.37. The molecule has 2 fully saturated rings. The number of benzene rings is 1. The second kappa shape index (κ2) is 7.44. The monoisotopic (exact) mass is 344 g/mol. The molecule has 2 aliphatic rings. The highest BCUT2D eigenvalue weighted by molar-refractivity contribution is 5.99. The molecule has 1 saturated heterocycles. The summed E-state index contributed by atoms with van der Waals surface area (Å²) >= 11 is 0. The minimum absolute atomic E-state index is 0.0134. The van der Waals surface area contributed by atoms with Crippen LogP contribution in [-0.2, 0) is 9.59 Å². The third-order valence-corrected chi connectivity index (χ3v) is 4.90. The molecule has 1 aromatic carbocycles. The first kappa shape index (κ1) is 17.7. The normalized spacial score (nSPS) is 23.4. The van der Waals surface area contributed by atoms with Crippen molar-refractivity contribution in [3.05, 3.63) is 24.3 Å². The van der Waals surface area contributed by atoms with E-state index in [-0.39, 0.29) is 29.7 Å². The Balaban J connectivity index is 1.50. The Morgan fingerprint density at radius 2 is 1.60 bits per heavy atom. The van der Waals surface area contributed by atoms with Crippen LogP contribution < -0.4 is 15.5 Å². The van der Waals surface area contributed by atoms with Gasteiger partial charge in [0, 0.05) is 43.6 Å². The molecule has 3 rings (SSSR count). The van der Waals surface area contributed by atoms with Crippen LogP contribution in [0, 0.1) is 11.8 Å². The molecule has 0 spiro atoms. The van der Waals surface area contributed by atoms with Crippen molar-refractivity contribution in [2.75, 3.05) is 43.4 Å². The molecule has 1 heterocycles. The van der Waals surface area contributed by atoms with Crippen LogP contribution in [0.3, 0.4) is 0 Å². The predicted octanol–water partition coefficient (Wildman–Crippen LogP) is 1.54. The highest BCUT2D eigenvalue weighted by atomic mass is 16.2. The van der Waals surface area contributed by atoms with E-state index in [1.165, 1.54) is 5.69 Å². The maximum Gasteiger partial charge on any atom is 0.228 e. The maximum absolute atomic E-state index is 12.3. The fourth-order valence-electron chi connectivity index (χ4n) is 3.22. The molecular weight excluding hydrogens is 316 g/mol. The molecule has 0 radical (unpaired) electrons. The summed E-state index contributed by atoms with van der Waals surface area (Å²) in [5, 5.41) is 5.81. The van der Waals surface area contributed by atoms with Crippen molar-refractivity contribution in [1.82, 2.24) is 10.2 Å². The van der Waals surface area contributed by atoms with E-state index in [1.807, 2.05) is 26.0 Å². The summed E-state index contributed by atoms with van der Waals surface area (Å²) in [6.07, 6.45) is 0.643. The summed E-state index contributed by atoms with van der Waals surface area (Å²) in [6.45, 7) is 8.04. The quantitative estimate of drug-likeness (QED) is 0.850. The number of anilines is 2. The van der Waals surface area contributed by atoms with Gasteiger partial charge in [-0.3, -0.25) is 9.59 Å². The SMILES string of the molecule is CC(C)NC(=O)C1CC1C(=O)Nc1ccc(N2CCN(C)CC2)cc1. The van der Waals surface area contributed by atoms with Gasteiger partial charge >= 0.3 is 0 Å². The number of rotatable bonds is 5. The van der Waals surface area contributed by atoms with E-state index < -0.39 is 0 Å². The van der Waals surface area contributed by atoms with Crippen molar-refractivity contribution in [1.29, 1.82) is 0 Å². The number of carbonyl (C=O) groups is 2. The topological polar surface area (TPSA) is 64.7 Å². The summed E-state index contributed by atoms with van der Waals surface area (Å²) in [4.78, 5) is 28.9. The van der Waals surface area contributed by atoms with E-state index in [2.05, 4.69) is 39.6 Å². The Bertz CT molecular complexity index is 621. The summed E-state index contributed by atoms with van der Waals surface area (Å²) in [5.41, 5.74) is 1.98. The zero-order valence-corrected chi connectivity index (χ0v) is 15.3. The number of nitrogens with one attached hydrogen (secondary N) is 2. The average molecular weight is 344 g/mol. The fraction of sp³-hybridized carbons (Fsp3) is 0.579. The Morgan fingerprint density at radius 3 is 2.20 bits per heavy atom. The molecule has 0 aromatic heterocycles. The number of nitrogens with zero attached hydrogens (tertiary/aromatic N) is 2. The van der Waals surface area contributed by atoms with Crippen LogP contribution in [0.25, 0.3) is 0 Å². The van der Waals surface area contributed by atoms with E-state index in [1.54, 1.807) is 0 Å². The smallest absolute Gasteiger partial charge is 0.228 e. The lowest BCUT2D eigenvalue weighted by atomic mass is 10.2. The van der Waals surface area contributed by atoms with Crippen LogP contribution in [0.15, 0.2) is 24.3 Å². The fourth-order valence-corrected chi connectivity index (χ4v) is 3.22. The summed E-state index contributed by atoms with van der Waals surface area (Å²) in [7, 11) is 2.14. The number of hydrogen-bond donors (Lipinski definition) is 2. The second-order valence-corrected chi connectivity index (χ2v) is 7.44. The van der Waals surface area contributed by atoms with Crippen LogP contribution in [0.1, 0.15) is 20.3 Å². The molecule has 6 heteroatoms. The molecule has 2 unspecified atom stereocenters. The van der Waals surface area contributed by atoms with Crippen LogP contribution >= 0.6 is 0 Å². The Hall–Kier alpha value is -2.08. The van der Waals surface area contributed by atoms with Gasteiger partial charge in [-0.1, -0.05) is 0 Å². The van der Waals surface area contributed by atoms with Gasteiger partial charge in [-0.15, -0.1) is 0 Å². The van der Waals surface area contributed by atoms with Gasteiger partial charge < -0.3 is 20.4 Å². The van der Waals surface area contributed by atoms with Gasteiger partial charge in [0.15, 0.2) is 0 Å². The third kappa shape index (κ3) is 4.51. The van der Waals surface area contributed by atoms with Gasteiger partial charge in [-0.2, -0.15) is 0 Å². The molecule has 25 heavy (non-hydrogen) atoms. The van der Waals surface area contributed by atoms with E-state index in [0.29, 0.717) is 6.42 Å². The van der Waals surface area contributed by atoms with Gasteiger partial charge in [0.05, 0.1) is 11.8 Å². The van der Waals surface area contributed by atoms with Gasteiger partial charge in [0.2, 0.25) is 11.8 Å². The van der Waals surface area contributed by atoms with E-state index in [9.17, 15) is 9.59 Å². The van der Waals surface area contributed by atoms with Crippen molar-refractivity contribution >= 4 is 23.2 Å². The van der Waals surface area contributed by atoms with Crippen LogP contribution in [0.2, 0.25) is 0 Å². The first-order valence-corrected chi connectivity index (χ1v) is 9.09. The molecule has 1 saturated carbocycles. The van der Waals surface area contributed by atoms with E-state index in [4.69, 9.17) is 0 Å². The second-order valence-electron chi connectivity index (χ2n) is 7.44. The number of carbonyl (C=O) groups excluding carboxylic acids is 2. The highest BCUT2D eigenvalue weighted by Crippen LogP contribution is 2.39. The van der Waals surface area contributed by atoms with Crippen molar-refractivity contribution < 1.29 is 9.59 Å². The lowest BCUT2D eigenvalue weighted by Crippen LogP contribution is -2.44. The molecule has 6 nitrogen and oxygen atoms in total. The van der Waals surface area contributed by atoms with Gasteiger partial charge in [0.1, 0.15) is 0 Å². The predicted molar refractivity (Wildman–Crippen MR) is 99.7 cm³/mol. The summed E-state index contributed by atoms with van der Waals surface area (Å²) in [5.74, 6) is -0.445. The van der Waals surface area contributed by atoms with Crippen molar-refractivity contribution in [3.63, 3.8) is 0 Å². The Labute approximate surface area is 149 Å². The lowest BCUT2D eigenvalue weighted by molar-refractivity contribution is -0.125. The lowest BCUT2D eigenvalue weighted by Gasteiger charge is -2.34. The molecule has 0 bridgehead atoms. The molecule has 2 N–H and O–H groups in total. The van der Waals surface area contributed by atoms with Crippen molar-refractivity contribution in [2.24, 2.45) is 11.8 Å². The molecule has 1 aliphatic carbocycles. The highest BCUT2D eigenvalue weighted by Gasteiger charge is 2.48. The first-order valence-electron chi connectivity index (χ1n) is 9.09. The Morgan fingerprint density at radius 1 is 1.00 bits per heavy atom. The molecule has 1 aromatic rings. The van der Waals surface area contributed by atoms with Gasteiger partial charge in [-0.05, 0) is 51.6 Å². The minimum Gasteiger partial charge on any atom is -0.369 e. The van der Waals surface area contributed by atoms with Crippen LogP contribution in [-0.4, -0.2) is 56.0 Å². The molecule has 136 valence electrons. The molecular formula is C19H28N4O2. The van der Waals surface area contributed by atoms with Gasteiger partial charge in [0.25, 0.3) is 0 Å². The molecule has 2 atom stereocenters. The largest absolute Gasteiger partial charge is 0.369 e.